The van der Waals surface area contributed by atoms with E-state index in [0.717, 1.165) is 12.0 Å². The first-order chi connectivity index (χ1) is 12.0. The normalized spacial score (nSPS) is 19.1. The molecule has 0 spiro atoms. The summed E-state index contributed by atoms with van der Waals surface area (Å²) >= 11 is 0. The van der Waals surface area contributed by atoms with Crippen LogP contribution in [0.1, 0.15) is 61.3 Å². The number of hydrogen-bond acceptors (Lipinski definition) is 3. The Balaban J connectivity index is 4.81. The van der Waals surface area contributed by atoms with E-state index in [1.54, 1.807) is 13.8 Å². The lowest BCUT2D eigenvalue weighted by Gasteiger charge is -2.25. The van der Waals surface area contributed by atoms with Crippen LogP contribution in [-0.4, -0.2) is 28.1 Å². The van der Waals surface area contributed by atoms with Crippen LogP contribution < -0.4 is 0 Å². The van der Waals surface area contributed by atoms with E-state index in [9.17, 15) is 14.7 Å². The molecule has 5 atom stereocenters. The number of allylic oxidation sites excluding steroid dienone is 6. The Morgan fingerprint density at radius 3 is 2.15 bits per heavy atom. The molecule has 0 radical (unpaired) electrons. The van der Waals surface area contributed by atoms with Crippen molar-refractivity contribution in [2.45, 2.75) is 67.4 Å². The smallest absolute Gasteiger partial charge is 0.306 e. The van der Waals surface area contributed by atoms with Crippen LogP contribution in [0, 0.1) is 23.7 Å². The molecule has 26 heavy (non-hydrogen) atoms. The quantitative estimate of drug-likeness (QED) is 0.408. The molecule has 5 unspecified atom stereocenters. The van der Waals surface area contributed by atoms with Crippen LogP contribution in [-0.2, 0) is 9.59 Å². The third-order valence-electron chi connectivity index (χ3n) is 4.93. The number of hydrogen-bond donors (Lipinski definition) is 2. The summed E-state index contributed by atoms with van der Waals surface area (Å²) in [5.74, 6) is -1.91. The number of rotatable bonds is 11. The lowest BCUT2D eigenvalue weighted by molar-refractivity contribution is -0.141. The zero-order chi connectivity index (χ0) is 20.4. The first-order valence-electron chi connectivity index (χ1n) is 9.42. The Morgan fingerprint density at radius 1 is 1.08 bits per heavy atom. The van der Waals surface area contributed by atoms with Gasteiger partial charge in [0, 0.05) is 11.8 Å². The minimum atomic E-state index is -0.815. The number of aliphatic hydroxyl groups is 1. The van der Waals surface area contributed by atoms with Crippen LogP contribution in [0.5, 0.6) is 0 Å². The van der Waals surface area contributed by atoms with Crippen molar-refractivity contribution >= 4 is 11.8 Å². The van der Waals surface area contributed by atoms with Crippen molar-refractivity contribution in [3.8, 4) is 0 Å². The fourth-order valence-corrected chi connectivity index (χ4v) is 2.91. The second-order valence-electron chi connectivity index (χ2n) is 7.57. The molecule has 4 heteroatoms. The minimum absolute atomic E-state index is 0.0223. The number of carbonyl (C=O) groups excluding carboxylic acids is 1. The van der Waals surface area contributed by atoms with Crippen LogP contribution in [0.4, 0.5) is 0 Å². The average molecular weight is 365 g/mol. The summed E-state index contributed by atoms with van der Waals surface area (Å²) in [4.78, 5) is 23.4. The van der Waals surface area contributed by atoms with Crippen LogP contribution in [0.15, 0.2) is 35.5 Å². The van der Waals surface area contributed by atoms with Gasteiger partial charge in [-0.1, -0.05) is 63.1 Å². The van der Waals surface area contributed by atoms with Gasteiger partial charge in [0.15, 0.2) is 0 Å². The molecule has 0 aliphatic heterocycles. The minimum Gasteiger partial charge on any atom is -0.481 e. The molecule has 0 rings (SSSR count). The molecule has 148 valence electrons. The molecule has 0 aliphatic rings. The first kappa shape index (κ1) is 24.3. The van der Waals surface area contributed by atoms with Crippen molar-refractivity contribution in [1.82, 2.24) is 0 Å². The third-order valence-corrected chi connectivity index (χ3v) is 4.93. The molecule has 0 fully saturated rings. The summed E-state index contributed by atoms with van der Waals surface area (Å²) < 4.78 is 0. The average Bonchev–Trinajstić information content (AvgIpc) is 2.58. The molecule has 0 heterocycles. The number of Topliss-reactive ketones (excluding diaryl/α,β-unsaturated/α-hetero) is 1. The van der Waals surface area contributed by atoms with Crippen molar-refractivity contribution in [2.24, 2.45) is 23.7 Å². The lowest BCUT2D eigenvalue weighted by atomic mass is 9.83. The van der Waals surface area contributed by atoms with E-state index in [0.29, 0.717) is 6.42 Å². The van der Waals surface area contributed by atoms with Gasteiger partial charge in [0.05, 0.1) is 12.0 Å². The Bertz CT molecular complexity index is 556. The monoisotopic (exact) mass is 364 g/mol. The van der Waals surface area contributed by atoms with Crippen molar-refractivity contribution in [1.29, 1.82) is 0 Å². The second kappa shape index (κ2) is 11.8. The molecule has 0 aromatic carbocycles. The highest BCUT2D eigenvalue weighted by Crippen LogP contribution is 2.23. The standard InChI is InChI=1S/C22H36O4/c1-8-14(2)12-17(5)20(23)19(7)21(24)18(6)13-15(3)10-9-11-16(4)22(25)26/h8-10,13,16-20,23H,11-12H2,1-7H3,(H,25,26)/b10-9+,14-8+,15-13+. The fourth-order valence-electron chi connectivity index (χ4n) is 2.91. The van der Waals surface area contributed by atoms with Crippen LogP contribution >= 0.6 is 0 Å². The van der Waals surface area contributed by atoms with E-state index in [1.165, 1.54) is 5.57 Å². The highest BCUT2D eigenvalue weighted by molar-refractivity contribution is 5.85. The maximum atomic E-state index is 12.6. The highest BCUT2D eigenvalue weighted by Gasteiger charge is 2.29. The number of aliphatic hydroxyl groups excluding tert-OH is 1. The Morgan fingerprint density at radius 2 is 1.65 bits per heavy atom. The predicted molar refractivity (Wildman–Crippen MR) is 107 cm³/mol. The summed E-state index contributed by atoms with van der Waals surface area (Å²) in [6.45, 7) is 13.2. The third kappa shape index (κ3) is 8.61. The van der Waals surface area contributed by atoms with Gasteiger partial charge < -0.3 is 10.2 Å². The number of carbonyl (C=O) groups is 2. The van der Waals surface area contributed by atoms with Crippen molar-refractivity contribution in [2.75, 3.05) is 0 Å². The summed E-state index contributed by atoms with van der Waals surface area (Å²) in [6.07, 6.45) is 8.14. The van der Waals surface area contributed by atoms with E-state index in [4.69, 9.17) is 5.11 Å². The molecule has 0 aromatic heterocycles. The van der Waals surface area contributed by atoms with Crippen LogP contribution in [0.2, 0.25) is 0 Å². The number of carboxylic acid groups (broad SMARTS) is 1. The van der Waals surface area contributed by atoms with E-state index in [2.05, 4.69) is 0 Å². The SMILES string of the molecule is C/C=C(\C)CC(C)C(O)C(C)C(=O)C(C)/C=C(C)/C=C/CC(C)C(=O)O. The summed E-state index contributed by atoms with van der Waals surface area (Å²) in [5, 5.41) is 19.4. The molecule has 0 saturated carbocycles. The van der Waals surface area contributed by atoms with Gasteiger partial charge in [-0.05, 0) is 39.5 Å². The van der Waals surface area contributed by atoms with Crippen molar-refractivity contribution in [3.05, 3.63) is 35.5 Å². The Hall–Kier alpha value is -1.68. The van der Waals surface area contributed by atoms with Gasteiger partial charge in [-0.15, -0.1) is 0 Å². The van der Waals surface area contributed by atoms with E-state index in [-0.39, 0.29) is 17.6 Å². The molecule has 0 aliphatic carbocycles. The lowest BCUT2D eigenvalue weighted by Crippen LogP contribution is -2.34. The van der Waals surface area contributed by atoms with Gasteiger partial charge in [0.1, 0.15) is 5.78 Å². The number of ketones is 1. The zero-order valence-electron chi connectivity index (χ0n) is 17.3. The molecule has 4 nitrogen and oxygen atoms in total. The molecular weight excluding hydrogens is 328 g/mol. The second-order valence-corrected chi connectivity index (χ2v) is 7.57. The maximum Gasteiger partial charge on any atom is 0.306 e. The first-order valence-corrected chi connectivity index (χ1v) is 9.42. The van der Waals surface area contributed by atoms with Crippen molar-refractivity contribution in [3.63, 3.8) is 0 Å². The van der Waals surface area contributed by atoms with Crippen LogP contribution in [0.3, 0.4) is 0 Å². The molecule has 0 amide bonds. The van der Waals surface area contributed by atoms with Crippen LogP contribution in [0.25, 0.3) is 0 Å². The number of aliphatic carboxylic acids is 1. The van der Waals surface area contributed by atoms with Gasteiger partial charge in [-0.2, -0.15) is 0 Å². The Labute approximate surface area is 158 Å². The fraction of sp³-hybridized carbons (Fsp3) is 0.636. The van der Waals surface area contributed by atoms with E-state index in [1.807, 2.05) is 58.9 Å². The van der Waals surface area contributed by atoms with E-state index >= 15 is 0 Å². The molecule has 0 bridgehead atoms. The largest absolute Gasteiger partial charge is 0.481 e. The molecular formula is C22H36O4. The summed E-state index contributed by atoms with van der Waals surface area (Å²) in [5.41, 5.74) is 2.13. The van der Waals surface area contributed by atoms with Gasteiger partial charge in [-0.3, -0.25) is 9.59 Å². The van der Waals surface area contributed by atoms with Gasteiger partial charge in [0.2, 0.25) is 0 Å². The molecule has 0 saturated heterocycles. The molecule has 0 aromatic rings. The highest BCUT2D eigenvalue weighted by atomic mass is 16.4. The zero-order valence-corrected chi connectivity index (χ0v) is 17.3. The Kier molecular flexibility index (Phi) is 11.1. The van der Waals surface area contributed by atoms with E-state index < -0.39 is 23.9 Å². The number of carboxylic acids is 1. The summed E-state index contributed by atoms with van der Waals surface area (Å²) in [7, 11) is 0. The summed E-state index contributed by atoms with van der Waals surface area (Å²) in [6, 6.07) is 0. The topological polar surface area (TPSA) is 74.6 Å². The molecule has 2 N–H and O–H groups in total. The van der Waals surface area contributed by atoms with Gasteiger partial charge >= 0.3 is 5.97 Å². The van der Waals surface area contributed by atoms with Crippen molar-refractivity contribution < 1.29 is 19.8 Å². The predicted octanol–water partition coefficient (Wildman–Crippen LogP) is 4.79. The maximum absolute atomic E-state index is 12.6. The van der Waals surface area contributed by atoms with Gasteiger partial charge in [0.25, 0.3) is 0 Å². The van der Waals surface area contributed by atoms with Gasteiger partial charge in [-0.25, -0.2) is 0 Å².